The van der Waals surface area contributed by atoms with Gasteiger partial charge in [0.2, 0.25) is 0 Å². The van der Waals surface area contributed by atoms with Gasteiger partial charge in [0, 0.05) is 12.6 Å². The Morgan fingerprint density at radius 2 is 1.56 bits per heavy atom. The highest BCUT2D eigenvalue weighted by Crippen LogP contribution is 2.43. The van der Waals surface area contributed by atoms with Crippen molar-refractivity contribution in [1.82, 2.24) is 10.6 Å². The zero-order chi connectivity index (χ0) is 24.7. The van der Waals surface area contributed by atoms with Crippen molar-refractivity contribution >= 4 is 12.2 Å². The van der Waals surface area contributed by atoms with E-state index in [0.29, 0.717) is 29.3 Å². The van der Waals surface area contributed by atoms with Gasteiger partial charge >= 0.3 is 12.2 Å². The molecule has 180 valence electrons. The molecule has 2 N–H and O–H groups in total. The van der Waals surface area contributed by atoms with E-state index in [0.717, 1.165) is 5.56 Å². The minimum absolute atomic E-state index is 0.255. The molecule has 1 atom stereocenters. The molecule has 1 aliphatic heterocycles. The lowest BCUT2D eigenvalue weighted by atomic mass is 9.90. The lowest BCUT2D eigenvalue weighted by molar-refractivity contribution is 0.0482. The predicted octanol–water partition coefficient (Wildman–Crippen LogP) is 5.33. The van der Waals surface area contributed by atoms with E-state index in [1.165, 1.54) is 7.05 Å². The van der Waals surface area contributed by atoms with E-state index in [9.17, 15) is 9.59 Å². The van der Waals surface area contributed by atoms with Crippen LogP contribution in [0.4, 0.5) is 9.59 Å². The number of hydrogen-bond acceptors (Lipinski definition) is 7. The van der Waals surface area contributed by atoms with Crippen molar-refractivity contribution in [3.05, 3.63) is 88.6 Å². The molecule has 0 spiro atoms. The van der Waals surface area contributed by atoms with Gasteiger partial charge in [0.05, 0.1) is 17.5 Å². The van der Waals surface area contributed by atoms with Crippen LogP contribution in [0.1, 0.15) is 44.7 Å². The molecule has 0 saturated heterocycles. The van der Waals surface area contributed by atoms with Crippen LogP contribution in [0, 0.1) is 0 Å². The van der Waals surface area contributed by atoms with Crippen LogP contribution in [0.3, 0.4) is 0 Å². The number of benzene rings is 2. The highest BCUT2D eigenvalue weighted by atomic mass is 16.7. The first-order valence-electron chi connectivity index (χ1n) is 11.0. The van der Waals surface area contributed by atoms with Crippen LogP contribution in [0.25, 0.3) is 0 Å². The van der Waals surface area contributed by atoms with E-state index in [-0.39, 0.29) is 17.6 Å². The monoisotopic (exact) mass is 466 g/mol. The number of alkyl carbamates (subject to hydrolysis) is 1. The van der Waals surface area contributed by atoms with Crippen LogP contribution in [0.15, 0.2) is 77.5 Å². The molecule has 0 fully saturated rings. The van der Waals surface area contributed by atoms with E-state index in [1.807, 2.05) is 54.6 Å². The van der Waals surface area contributed by atoms with Crippen molar-refractivity contribution in [1.29, 1.82) is 0 Å². The quantitative estimate of drug-likeness (QED) is 0.532. The van der Waals surface area contributed by atoms with Gasteiger partial charge in [-0.2, -0.15) is 0 Å². The van der Waals surface area contributed by atoms with Crippen molar-refractivity contribution in [2.75, 3.05) is 7.05 Å². The molecule has 0 aliphatic carbocycles. The van der Waals surface area contributed by atoms with E-state index >= 15 is 0 Å². The maximum absolute atomic E-state index is 12.4. The second-order valence-corrected chi connectivity index (χ2v) is 8.01. The Bertz CT molecular complexity index is 1090. The molecule has 1 aliphatic rings. The smallest absolute Gasteiger partial charge is 0.489 e. The van der Waals surface area contributed by atoms with Gasteiger partial charge in [0.1, 0.15) is 29.8 Å². The van der Waals surface area contributed by atoms with Crippen LogP contribution < -0.4 is 15.4 Å². The largest absolute Gasteiger partial charge is 0.513 e. The Morgan fingerprint density at radius 1 is 0.941 bits per heavy atom. The second kappa shape index (κ2) is 11.3. The lowest BCUT2D eigenvalue weighted by Crippen LogP contribution is -2.31. The molecule has 0 bridgehead atoms. The van der Waals surface area contributed by atoms with Crippen molar-refractivity contribution in [3.63, 3.8) is 0 Å². The molecule has 0 radical (unpaired) electrons. The summed E-state index contributed by atoms with van der Waals surface area (Å²) in [6, 6.07) is 17.1. The third-order valence-electron chi connectivity index (χ3n) is 5.04. The SMILES string of the molecule is CNC(=O)OC1=C(C)NC(C)=C(OC(=O)OC(C)C)C1c1ccccc1OCc1ccccc1. The molecule has 0 saturated carbocycles. The minimum Gasteiger partial charge on any atom is -0.489 e. The average Bonchev–Trinajstić information content (AvgIpc) is 2.81. The topological polar surface area (TPSA) is 95.1 Å². The summed E-state index contributed by atoms with van der Waals surface area (Å²) in [5, 5.41) is 5.58. The lowest BCUT2D eigenvalue weighted by Gasteiger charge is -2.31. The van der Waals surface area contributed by atoms with Gasteiger partial charge in [0.25, 0.3) is 0 Å². The zero-order valence-electron chi connectivity index (χ0n) is 20.0. The number of carbonyl (C=O) groups is 2. The molecule has 1 unspecified atom stereocenters. The van der Waals surface area contributed by atoms with Crippen LogP contribution in [0.5, 0.6) is 5.75 Å². The second-order valence-electron chi connectivity index (χ2n) is 8.01. The standard InChI is InChI=1S/C26H30N2O6/c1-16(2)32-26(30)34-24-18(4)28-17(3)23(33-25(29)27-5)22(24)20-13-9-10-14-21(20)31-15-19-11-7-6-8-12-19/h6-14,16,22,28H,15H2,1-5H3,(H,27,29). The van der Waals surface area contributed by atoms with Crippen molar-refractivity contribution in [2.24, 2.45) is 0 Å². The Balaban J connectivity index is 2.03. The summed E-state index contributed by atoms with van der Waals surface area (Å²) in [4.78, 5) is 24.6. The number of carbonyl (C=O) groups excluding carboxylic acids is 2. The third kappa shape index (κ3) is 6.10. The third-order valence-corrected chi connectivity index (χ3v) is 5.04. The predicted molar refractivity (Wildman–Crippen MR) is 127 cm³/mol. The summed E-state index contributed by atoms with van der Waals surface area (Å²) >= 11 is 0. The minimum atomic E-state index is -0.849. The van der Waals surface area contributed by atoms with E-state index in [2.05, 4.69) is 10.6 Å². The summed E-state index contributed by atoms with van der Waals surface area (Å²) < 4.78 is 22.6. The van der Waals surface area contributed by atoms with Crippen LogP contribution in [0.2, 0.25) is 0 Å². The zero-order valence-corrected chi connectivity index (χ0v) is 20.0. The molecule has 1 heterocycles. The summed E-state index contributed by atoms with van der Waals surface area (Å²) in [5.74, 6) is 0.374. The first kappa shape index (κ1) is 24.7. The number of ether oxygens (including phenoxy) is 4. The molecule has 1 amide bonds. The number of amides is 1. The van der Waals surface area contributed by atoms with E-state index < -0.39 is 18.2 Å². The molecule has 8 heteroatoms. The van der Waals surface area contributed by atoms with Crippen molar-refractivity contribution in [3.8, 4) is 5.75 Å². The first-order chi connectivity index (χ1) is 16.3. The summed E-state index contributed by atoms with van der Waals surface area (Å²) in [6.07, 6.45) is -1.85. The fourth-order valence-corrected chi connectivity index (χ4v) is 3.55. The van der Waals surface area contributed by atoms with Gasteiger partial charge in [-0.25, -0.2) is 9.59 Å². The Hall–Kier alpha value is -3.94. The number of nitrogens with one attached hydrogen (secondary N) is 2. The number of dihydropyridines is 1. The van der Waals surface area contributed by atoms with E-state index in [1.54, 1.807) is 27.7 Å². The molecule has 8 nitrogen and oxygen atoms in total. The van der Waals surface area contributed by atoms with Crippen LogP contribution >= 0.6 is 0 Å². The molecular weight excluding hydrogens is 436 g/mol. The first-order valence-corrected chi connectivity index (χ1v) is 11.0. The highest BCUT2D eigenvalue weighted by Gasteiger charge is 2.37. The maximum Gasteiger partial charge on any atom is 0.513 e. The fraction of sp³-hybridized carbons (Fsp3) is 0.308. The van der Waals surface area contributed by atoms with Crippen LogP contribution in [-0.4, -0.2) is 25.4 Å². The van der Waals surface area contributed by atoms with Gasteiger partial charge in [-0.3, -0.25) is 0 Å². The molecule has 0 aromatic heterocycles. The Kier molecular flexibility index (Phi) is 8.19. The summed E-state index contributed by atoms with van der Waals surface area (Å²) in [5.41, 5.74) is 2.86. The molecular formula is C26H30N2O6. The molecule has 3 rings (SSSR count). The van der Waals surface area contributed by atoms with Crippen LogP contribution in [-0.2, 0) is 20.8 Å². The molecule has 34 heavy (non-hydrogen) atoms. The number of rotatable bonds is 7. The van der Waals surface area contributed by atoms with Gasteiger partial charge < -0.3 is 29.6 Å². The number of allylic oxidation sites excluding steroid dienone is 2. The number of hydrogen-bond donors (Lipinski definition) is 2. The Labute approximate surface area is 199 Å². The average molecular weight is 467 g/mol. The normalized spacial score (nSPS) is 15.5. The fourth-order valence-electron chi connectivity index (χ4n) is 3.55. The van der Waals surface area contributed by atoms with Gasteiger partial charge in [-0.15, -0.1) is 0 Å². The molecule has 2 aromatic rings. The molecule has 2 aromatic carbocycles. The highest BCUT2D eigenvalue weighted by molar-refractivity contribution is 5.69. The van der Waals surface area contributed by atoms with E-state index in [4.69, 9.17) is 18.9 Å². The van der Waals surface area contributed by atoms with Gasteiger partial charge in [-0.1, -0.05) is 48.5 Å². The van der Waals surface area contributed by atoms with Crippen molar-refractivity contribution in [2.45, 2.75) is 46.3 Å². The van der Waals surface area contributed by atoms with Gasteiger partial charge in [-0.05, 0) is 39.3 Å². The maximum atomic E-state index is 12.4. The Morgan fingerprint density at radius 3 is 2.21 bits per heavy atom. The van der Waals surface area contributed by atoms with Crippen molar-refractivity contribution < 1.29 is 28.5 Å². The number of para-hydroxylation sites is 1. The summed E-state index contributed by atoms with van der Waals surface area (Å²) in [6.45, 7) is 7.36. The van der Waals surface area contributed by atoms with Gasteiger partial charge in [0.15, 0.2) is 0 Å². The summed E-state index contributed by atoms with van der Waals surface area (Å²) in [7, 11) is 1.47.